The van der Waals surface area contributed by atoms with E-state index in [2.05, 4.69) is 27.4 Å². The molecule has 0 amide bonds. The molecule has 32 heavy (non-hydrogen) atoms. The third-order valence-corrected chi connectivity index (χ3v) is 6.10. The molecule has 0 fully saturated rings. The monoisotopic (exact) mass is 449 g/mol. The quantitative estimate of drug-likeness (QED) is 0.366. The summed E-state index contributed by atoms with van der Waals surface area (Å²) in [7, 11) is 1.67. The maximum atomic E-state index is 11.4. The van der Waals surface area contributed by atoms with E-state index in [1.807, 2.05) is 25.1 Å². The Morgan fingerprint density at radius 2 is 2.00 bits per heavy atom. The van der Waals surface area contributed by atoms with Gasteiger partial charge in [-0.2, -0.15) is 0 Å². The van der Waals surface area contributed by atoms with E-state index >= 15 is 0 Å². The number of carboxylic acid groups (broad SMARTS) is 1. The number of benzene rings is 2. The Labute approximate surface area is 189 Å². The molecular formula is C24H23N3O4S. The maximum Gasteiger partial charge on any atom is 0.339 e. The van der Waals surface area contributed by atoms with Gasteiger partial charge in [-0.1, -0.05) is 6.07 Å². The number of methoxy groups -OCH3 is 1. The van der Waals surface area contributed by atoms with Crippen molar-refractivity contribution in [1.82, 2.24) is 9.97 Å². The Kier molecular flexibility index (Phi) is 6.51. The maximum absolute atomic E-state index is 11.4. The molecule has 0 unspecified atom stereocenters. The number of carboxylic acids is 1. The predicted molar refractivity (Wildman–Crippen MR) is 126 cm³/mol. The van der Waals surface area contributed by atoms with Crippen LogP contribution < -0.4 is 14.8 Å². The second kappa shape index (κ2) is 9.65. The number of thiophene rings is 1. The second-order valence-corrected chi connectivity index (χ2v) is 8.20. The van der Waals surface area contributed by atoms with Crippen molar-refractivity contribution in [3.05, 3.63) is 65.3 Å². The molecule has 2 aromatic carbocycles. The normalized spacial score (nSPS) is 10.8. The molecule has 0 saturated heterocycles. The van der Waals surface area contributed by atoms with Crippen LogP contribution in [0.3, 0.4) is 0 Å². The number of aromatic carboxylic acids is 1. The summed E-state index contributed by atoms with van der Waals surface area (Å²) in [5, 5.41) is 13.9. The third-order valence-electron chi connectivity index (χ3n) is 4.93. The average molecular weight is 450 g/mol. The summed E-state index contributed by atoms with van der Waals surface area (Å²) < 4.78 is 12.0. The van der Waals surface area contributed by atoms with Crippen LogP contribution in [0.1, 0.15) is 22.2 Å². The number of ether oxygens (including phenoxy) is 2. The fraction of sp³-hybridized carbons (Fsp3) is 0.208. The lowest BCUT2D eigenvalue weighted by Crippen LogP contribution is -2.06. The van der Waals surface area contributed by atoms with Gasteiger partial charge in [0.1, 0.15) is 29.2 Å². The molecule has 2 aromatic heterocycles. The van der Waals surface area contributed by atoms with Crippen molar-refractivity contribution >= 4 is 33.2 Å². The number of hydrogen-bond donors (Lipinski definition) is 2. The van der Waals surface area contributed by atoms with Gasteiger partial charge in [0, 0.05) is 27.8 Å². The molecule has 4 aromatic rings. The summed E-state index contributed by atoms with van der Waals surface area (Å²) in [6.07, 6.45) is 2.36. The molecular weight excluding hydrogens is 426 g/mol. The summed E-state index contributed by atoms with van der Waals surface area (Å²) >= 11 is 1.77. The van der Waals surface area contributed by atoms with Crippen LogP contribution in [0.4, 0.5) is 5.82 Å². The van der Waals surface area contributed by atoms with Gasteiger partial charge in [-0.3, -0.25) is 0 Å². The van der Waals surface area contributed by atoms with E-state index in [0.29, 0.717) is 23.9 Å². The fourth-order valence-corrected chi connectivity index (χ4v) is 4.43. The van der Waals surface area contributed by atoms with E-state index in [1.54, 1.807) is 30.6 Å². The molecule has 0 bridgehead atoms. The van der Waals surface area contributed by atoms with Crippen LogP contribution in [0.25, 0.3) is 21.3 Å². The van der Waals surface area contributed by atoms with Gasteiger partial charge in [-0.25, -0.2) is 14.8 Å². The zero-order valence-corrected chi connectivity index (χ0v) is 18.6. The molecule has 2 heterocycles. The third kappa shape index (κ3) is 4.81. The van der Waals surface area contributed by atoms with E-state index in [-0.39, 0.29) is 5.56 Å². The zero-order valence-electron chi connectivity index (χ0n) is 17.8. The number of carbonyl (C=O) groups is 1. The SMILES string of the molecule is CCOc1cc(-c2cc(NCCc3cc4cc(OC)ccc4s3)ncn2)ccc1C(=O)O. The topological polar surface area (TPSA) is 93.6 Å². The minimum Gasteiger partial charge on any atom is -0.497 e. The number of hydrogen-bond acceptors (Lipinski definition) is 7. The van der Waals surface area contributed by atoms with Crippen molar-refractivity contribution in [2.24, 2.45) is 0 Å². The number of anilines is 1. The van der Waals surface area contributed by atoms with Crippen LogP contribution in [-0.4, -0.2) is 41.3 Å². The van der Waals surface area contributed by atoms with Crippen LogP contribution in [0, 0.1) is 0 Å². The zero-order chi connectivity index (χ0) is 22.5. The van der Waals surface area contributed by atoms with Crippen molar-refractivity contribution in [3.63, 3.8) is 0 Å². The first-order valence-corrected chi connectivity index (χ1v) is 11.0. The smallest absolute Gasteiger partial charge is 0.339 e. The number of fused-ring (bicyclic) bond motifs is 1. The highest BCUT2D eigenvalue weighted by atomic mass is 32.1. The fourth-order valence-electron chi connectivity index (χ4n) is 3.39. The molecule has 8 heteroatoms. The Hall–Kier alpha value is -3.65. The van der Waals surface area contributed by atoms with Crippen LogP contribution >= 0.6 is 11.3 Å². The summed E-state index contributed by atoms with van der Waals surface area (Å²) in [5.74, 6) is 0.868. The second-order valence-electron chi connectivity index (χ2n) is 7.03. The molecule has 0 radical (unpaired) electrons. The van der Waals surface area contributed by atoms with E-state index in [9.17, 15) is 9.90 Å². The standard InChI is InChI=1S/C24H23N3O4S/c1-3-31-21-12-15(4-6-19(21)24(28)29)20-13-23(27-14-26-20)25-9-8-18-11-16-10-17(30-2)5-7-22(16)32-18/h4-7,10-14H,3,8-9H2,1-2H3,(H,28,29)(H,25,26,27). The van der Waals surface area contributed by atoms with Gasteiger partial charge in [0.2, 0.25) is 0 Å². The number of nitrogens with one attached hydrogen (secondary N) is 1. The lowest BCUT2D eigenvalue weighted by molar-refractivity contribution is 0.0692. The number of rotatable bonds is 9. The van der Waals surface area contributed by atoms with Crippen molar-refractivity contribution in [2.45, 2.75) is 13.3 Å². The molecule has 164 valence electrons. The first kappa shape index (κ1) is 21.6. The van der Waals surface area contributed by atoms with Crippen LogP contribution in [0.2, 0.25) is 0 Å². The summed E-state index contributed by atoms with van der Waals surface area (Å²) in [5.41, 5.74) is 1.58. The summed E-state index contributed by atoms with van der Waals surface area (Å²) in [4.78, 5) is 21.3. The van der Waals surface area contributed by atoms with Crippen molar-refractivity contribution in [2.75, 3.05) is 25.6 Å². The minimum absolute atomic E-state index is 0.129. The molecule has 0 atom stereocenters. The highest BCUT2D eigenvalue weighted by Gasteiger charge is 2.13. The molecule has 2 N–H and O–H groups in total. The molecule has 0 saturated carbocycles. The number of nitrogens with zero attached hydrogens (tertiary/aromatic N) is 2. The summed E-state index contributed by atoms with van der Waals surface area (Å²) in [6, 6.07) is 15.1. The van der Waals surface area contributed by atoms with Crippen molar-refractivity contribution in [1.29, 1.82) is 0 Å². The first-order chi connectivity index (χ1) is 15.6. The summed E-state index contributed by atoms with van der Waals surface area (Å²) in [6.45, 7) is 2.92. The minimum atomic E-state index is -1.02. The van der Waals surface area contributed by atoms with E-state index < -0.39 is 5.97 Å². The van der Waals surface area contributed by atoms with Crippen LogP contribution in [-0.2, 0) is 6.42 Å². The molecule has 0 aliphatic heterocycles. The highest BCUT2D eigenvalue weighted by molar-refractivity contribution is 7.19. The van der Waals surface area contributed by atoms with Gasteiger partial charge < -0.3 is 19.9 Å². The molecule has 0 aliphatic rings. The van der Waals surface area contributed by atoms with Gasteiger partial charge >= 0.3 is 5.97 Å². The molecule has 0 aliphatic carbocycles. The molecule has 4 rings (SSSR count). The Morgan fingerprint density at radius 3 is 2.78 bits per heavy atom. The van der Waals surface area contributed by atoms with Crippen LogP contribution in [0.15, 0.2) is 54.9 Å². The van der Waals surface area contributed by atoms with Crippen LogP contribution in [0.5, 0.6) is 11.5 Å². The lowest BCUT2D eigenvalue weighted by Gasteiger charge is -2.10. The first-order valence-electron chi connectivity index (χ1n) is 10.2. The van der Waals surface area contributed by atoms with Gasteiger partial charge in [-0.05, 0) is 55.1 Å². The van der Waals surface area contributed by atoms with E-state index in [1.165, 1.54) is 27.4 Å². The Balaban J connectivity index is 1.45. The highest BCUT2D eigenvalue weighted by Crippen LogP contribution is 2.30. The molecule has 0 spiro atoms. The van der Waals surface area contributed by atoms with Gasteiger partial charge in [0.25, 0.3) is 0 Å². The lowest BCUT2D eigenvalue weighted by atomic mass is 10.1. The van der Waals surface area contributed by atoms with E-state index in [0.717, 1.165) is 24.3 Å². The number of aromatic nitrogens is 2. The Morgan fingerprint density at radius 1 is 1.12 bits per heavy atom. The Bertz CT molecular complexity index is 1260. The molecule has 7 nitrogen and oxygen atoms in total. The average Bonchev–Trinajstić information content (AvgIpc) is 3.21. The van der Waals surface area contributed by atoms with Gasteiger partial charge in [-0.15, -0.1) is 11.3 Å². The van der Waals surface area contributed by atoms with Gasteiger partial charge in [0.05, 0.1) is 19.4 Å². The van der Waals surface area contributed by atoms with Crippen molar-refractivity contribution in [3.8, 4) is 22.8 Å². The predicted octanol–water partition coefficient (Wildman–Crippen LogP) is 5.12. The largest absolute Gasteiger partial charge is 0.497 e. The van der Waals surface area contributed by atoms with E-state index in [4.69, 9.17) is 9.47 Å². The van der Waals surface area contributed by atoms with Gasteiger partial charge in [0.15, 0.2) is 0 Å². The van der Waals surface area contributed by atoms with Crippen molar-refractivity contribution < 1.29 is 19.4 Å².